The van der Waals surface area contributed by atoms with Crippen molar-refractivity contribution in [2.45, 2.75) is 24.8 Å². The van der Waals surface area contributed by atoms with Gasteiger partial charge in [0, 0.05) is 11.8 Å². The van der Waals surface area contributed by atoms with E-state index in [0.717, 1.165) is 18.7 Å². The second-order valence-corrected chi connectivity index (χ2v) is 9.02. The lowest BCUT2D eigenvalue weighted by Crippen LogP contribution is -2.43. The zero-order valence-corrected chi connectivity index (χ0v) is 16.9. The maximum Gasteiger partial charge on any atom is 0.229 e. The predicted molar refractivity (Wildman–Crippen MR) is 109 cm³/mol. The molecule has 30 heavy (non-hydrogen) atoms. The van der Waals surface area contributed by atoms with E-state index in [1.165, 1.54) is 18.2 Å². The molecule has 1 aliphatic rings. The van der Waals surface area contributed by atoms with E-state index in [-0.39, 0.29) is 22.8 Å². The molecule has 7 nitrogen and oxygen atoms in total. The highest BCUT2D eigenvalue weighted by Gasteiger charge is 2.42. The number of nitrogens with one attached hydrogen (secondary N) is 2. The van der Waals surface area contributed by atoms with E-state index < -0.39 is 21.4 Å². The minimum atomic E-state index is -3.50. The number of rotatable bonds is 6. The monoisotopic (exact) mass is 431 g/mol. The van der Waals surface area contributed by atoms with Gasteiger partial charge in [0.25, 0.3) is 0 Å². The first kappa shape index (κ1) is 20.1. The first-order chi connectivity index (χ1) is 14.3. The van der Waals surface area contributed by atoms with E-state index in [9.17, 15) is 17.2 Å². The molecule has 2 N–H and O–H groups in total. The molecular weight excluding hydrogens is 412 g/mol. The van der Waals surface area contributed by atoms with Crippen molar-refractivity contribution < 1.29 is 17.2 Å². The molecule has 2 heterocycles. The molecule has 10 heteroatoms. The van der Waals surface area contributed by atoms with E-state index in [2.05, 4.69) is 25.2 Å². The largest absolute Gasteiger partial charge is 0.357 e. The SMILES string of the molecule is CS(=O)(=O)Nc1ccc(-c2ccc(NC3(c4ncccc4F)CCC3)nn2)c(F)c1. The zero-order chi connectivity index (χ0) is 21.4. The van der Waals surface area contributed by atoms with Crippen LogP contribution in [0.25, 0.3) is 11.3 Å². The summed E-state index contributed by atoms with van der Waals surface area (Å²) in [5.41, 5.74) is 0.306. The molecule has 0 bridgehead atoms. The first-order valence-electron chi connectivity index (χ1n) is 9.26. The highest BCUT2D eigenvalue weighted by molar-refractivity contribution is 7.92. The topological polar surface area (TPSA) is 96.9 Å². The Kier molecular flexibility index (Phi) is 5.10. The van der Waals surface area contributed by atoms with Crippen LogP contribution in [0, 0.1) is 11.6 Å². The maximum absolute atomic E-state index is 14.4. The van der Waals surface area contributed by atoms with Crippen LogP contribution in [0.15, 0.2) is 48.7 Å². The van der Waals surface area contributed by atoms with Gasteiger partial charge in [0.1, 0.15) is 23.1 Å². The van der Waals surface area contributed by atoms with Gasteiger partial charge in [-0.05, 0) is 61.7 Å². The highest BCUT2D eigenvalue weighted by atomic mass is 32.2. The third-order valence-electron chi connectivity index (χ3n) is 5.00. The molecule has 1 aliphatic carbocycles. The summed E-state index contributed by atoms with van der Waals surface area (Å²) in [6, 6.07) is 10.1. The summed E-state index contributed by atoms with van der Waals surface area (Å²) in [5.74, 6) is -0.580. The van der Waals surface area contributed by atoms with E-state index in [4.69, 9.17) is 0 Å². The second-order valence-electron chi connectivity index (χ2n) is 7.27. The van der Waals surface area contributed by atoms with Gasteiger partial charge >= 0.3 is 0 Å². The second kappa shape index (κ2) is 7.60. The first-order valence-corrected chi connectivity index (χ1v) is 11.2. The van der Waals surface area contributed by atoms with Crippen LogP contribution in [0.1, 0.15) is 25.0 Å². The average molecular weight is 431 g/mol. The smallest absolute Gasteiger partial charge is 0.229 e. The molecule has 0 saturated heterocycles. The third kappa shape index (κ3) is 4.09. The van der Waals surface area contributed by atoms with Gasteiger partial charge in [-0.15, -0.1) is 10.2 Å². The van der Waals surface area contributed by atoms with Crippen molar-refractivity contribution in [3.05, 3.63) is 66.0 Å². The third-order valence-corrected chi connectivity index (χ3v) is 5.61. The number of benzene rings is 1. The number of hydrogen-bond acceptors (Lipinski definition) is 6. The molecule has 0 aliphatic heterocycles. The van der Waals surface area contributed by atoms with Gasteiger partial charge in [0.05, 0.1) is 23.2 Å². The summed E-state index contributed by atoms with van der Waals surface area (Å²) in [5, 5.41) is 11.4. The van der Waals surface area contributed by atoms with Gasteiger partial charge in [-0.3, -0.25) is 9.71 Å². The number of halogens is 2. The Balaban J connectivity index is 1.56. The summed E-state index contributed by atoms with van der Waals surface area (Å²) < 4.78 is 53.5. The Labute approximate surface area is 172 Å². The van der Waals surface area contributed by atoms with Crippen molar-refractivity contribution in [2.24, 2.45) is 0 Å². The van der Waals surface area contributed by atoms with Crippen LogP contribution >= 0.6 is 0 Å². The van der Waals surface area contributed by atoms with Crippen LogP contribution in [-0.2, 0) is 15.6 Å². The molecule has 4 rings (SSSR count). The average Bonchev–Trinajstić information content (AvgIpc) is 2.65. The Morgan fingerprint density at radius 1 is 1.03 bits per heavy atom. The molecule has 156 valence electrons. The predicted octanol–water partition coefficient (Wildman–Crippen LogP) is 3.68. The molecule has 1 aromatic carbocycles. The molecule has 3 aromatic rings. The molecule has 0 unspecified atom stereocenters. The van der Waals surface area contributed by atoms with E-state index in [1.54, 1.807) is 24.4 Å². The number of nitrogens with zero attached hydrogens (tertiary/aromatic N) is 3. The fourth-order valence-electron chi connectivity index (χ4n) is 3.48. The molecule has 0 radical (unpaired) electrons. The van der Waals surface area contributed by atoms with Gasteiger partial charge in [0.2, 0.25) is 10.0 Å². The summed E-state index contributed by atoms with van der Waals surface area (Å²) in [6.07, 6.45) is 4.91. The van der Waals surface area contributed by atoms with Gasteiger partial charge in [-0.1, -0.05) is 0 Å². The fraction of sp³-hybridized carbons (Fsp3) is 0.250. The van der Waals surface area contributed by atoms with Crippen LogP contribution in [-0.4, -0.2) is 29.9 Å². The maximum atomic E-state index is 14.4. The van der Waals surface area contributed by atoms with Crippen LogP contribution in [0.2, 0.25) is 0 Å². The lowest BCUT2D eigenvalue weighted by atomic mass is 9.74. The van der Waals surface area contributed by atoms with Crippen LogP contribution in [0.3, 0.4) is 0 Å². The van der Waals surface area contributed by atoms with Gasteiger partial charge in [-0.2, -0.15) is 0 Å². The Morgan fingerprint density at radius 2 is 1.83 bits per heavy atom. The Hall–Kier alpha value is -3.14. The standard InChI is InChI=1S/C20H19F2N5O2S/c1-30(28,29)27-13-5-6-14(16(22)12-13)17-7-8-18(26-25-17)24-20(9-3-10-20)19-15(21)4-2-11-23-19/h2,4-8,11-12,27H,3,9-10H2,1H3,(H,24,26). The van der Waals surface area contributed by atoms with Crippen molar-refractivity contribution in [2.75, 3.05) is 16.3 Å². The van der Waals surface area contributed by atoms with E-state index >= 15 is 0 Å². The Bertz CT molecular complexity index is 1180. The lowest BCUT2D eigenvalue weighted by molar-refractivity contribution is 0.265. The number of pyridine rings is 1. The minimum Gasteiger partial charge on any atom is -0.357 e. The molecule has 0 amide bonds. The molecule has 1 fully saturated rings. The van der Waals surface area contributed by atoms with Crippen molar-refractivity contribution >= 4 is 21.5 Å². The number of hydrogen-bond donors (Lipinski definition) is 2. The van der Waals surface area contributed by atoms with Crippen molar-refractivity contribution in [1.29, 1.82) is 0 Å². The normalized spacial score (nSPS) is 15.3. The van der Waals surface area contributed by atoms with Gasteiger partial charge in [-0.25, -0.2) is 17.2 Å². The number of anilines is 2. The molecule has 0 spiro atoms. The molecule has 2 aromatic heterocycles. The minimum absolute atomic E-state index is 0.120. The van der Waals surface area contributed by atoms with Crippen LogP contribution in [0.5, 0.6) is 0 Å². The van der Waals surface area contributed by atoms with E-state index in [1.807, 2.05) is 0 Å². The molecule has 0 atom stereocenters. The van der Waals surface area contributed by atoms with Crippen molar-refractivity contribution in [3.63, 3.8) is 0 Å². The quantitative estimate of drug-likeness (QED) is 0.618. The lowest BCUT2D eigenvalue weighted by Gasteiger charge is -2.42. The number of aromatic nitrogens is 3. The summed E-state index contributed by atoms with van der Waals surface area (Å²) in [4.78, 5) is 4.19. The van der Waals surface area contributed by atoms with Crippen LogP contribution in [0.4, 0.5) is 20.3 Å². The summed E-state index contributed by atoms with van der Waals surface area (Å²) in [7, 11) is -3.50. The van der Waals surface area contributed by atoms with Gasteiger partial charge < -0.3 is 5.32 Å². The van der Waals surface area contributed by atoms with E-state index in [0.29, 0.717) is 24.4 Å². The molecule has 1 saturated carbocycles. The summed E-state index contributed by atoms with van der Waals surface area (Å²) in [6.45, 7) is 0. The van der Waals surface area contributed by atoms with Crippen molar-refractivity contribution in [3.8, 4) is 11.3 Å². The zero-order valence-electron chi connectivity index (χ0n) is 16.1. The fourth-order valence-corrected chi connectivity index (χ4v) is 4.03. The molecular formula is C20H19F2N5O2S. The highest BCUT2D eigenvalue weighted by Crippen LogP contribution is 2.43. The Morgan fingerprint density at radius 3 is 2.40 bits per heavy atom. The number of sulfonamides is 1. The van der Waals surface area contributed by atoms with Crippen molar-refractivity contribution in [1.82, 2.24) is 15.2 Å². The summed E-state index contributed by atoms with van der Waals surface area (Å²) >= 11 is 0. The van der Waals surface area contributed by atoms with Gasteiger partial charge in [0.15, 0.2) is 0 Å². The van der Waals surface area contributed by atoms with Crippen LogP contribution < -0.4 is 10.0 Å².